The van der Waals surface area contributed by atoms with Crippen LogP contribution in [0.4, 0.5) is 0 Å². The first kappa shape index (κ1) is 19.0. The van der Waals surface area contributed by atoms with Crippen molar-refractivity contribution in [2.45, 2.75) is 20.3 Å². The SMILES string of the molecule is CCCN(CC(=O)OCC)C(=O)CNC(=O)c1ccccc1Cl. The van der Waals surface area contributed by atoms with Crippen LogP contribution in [0.25, 0.3) is 0 Å². The van der Waals surface area contributed by atoms with Crippen molar-refractivity contribution in [3.63, 3.8) is 0 Å². The molecule has 0 unspecified atom stereocenters. The van der Waals surface area contributed by atoms with E-state index in [4.69, 9.17) is 16.3 Å². The van der Waals surface area contributed by atoms with Crippen molar-refractivity contribution >= 4 is 29.4 Å². The van der Waals surface area contributed by atoms with Crippen molar-refractivity contribution in [1.29, 1.82) is 0 Å². The van der Waals surface area contributed by atoms with Gasteiger partial charge in [0, 0.05) is 6.54 Å². The van der Waals surface area contributed by atoms with Gasteiger partial charge in [-0.1, -0.05) is 30.7 Å². The van der Waals surface area contributed by atoms with E-state index in [0.717, 1.165) is 0 Å². The lowest BCUT2D eigenvalue weighted by molar-refractivity contribution is -0.148. The largest absolute Gasteiger partial charge is 0.465 e. The number of nitrogens with one attached hydrogen (secondary N) is 1. The fourth-order valence-corrected chi connectivity index (χ4v) is 2.15. The van der Waals surface area contributed by atoms with E-state index in [2.05, 4.69) is 5.32 Å². The standard InChI is InChI=1S/C16H21ClN2O4/c1-3-9-19(11-15(21)23-4-2)14(20)10-18-16(22)12-7-5-6-8-13(12)17/h5-8H,3-4,9-11H2,1-2H3,(H,18,22). The Morgan fingerprint density at radius 3 is 2.52 bits per heavy atom. The van der Waals surface area contributed by atoms with Gasteiger partial charge in [0.15, 0.2) is 0 Å². The third kappa shape index (κ3) is 6.28. The molecule has 0 spiro atoms. The fraction of sp³-hybridized carbons (Fsp3) is 0.438. The number of rotatable bonds is 8. The molecule has 0 saturated carbocycles. The molecule has 0 atom stereocenters. The van der Waals surface area contributed by atoms with Gasteiger partial charge in [-0.05, 0) is 25.5 Å². The molecule has 2 amide bonds. The summed E-state index contributed by atoms with van der Waals surface area (Å²) in [6.07, 6.45) is 0.698. The summed E-state index contributed by atoms with van der Waals surface area (Å²) >= 11 is 5.93. The Morgan fingerprint density at radius 1 is 1.22 bits per heavy atom. The lowest BCUT2D eigenvalue weighted by Gasteiger charge is -2.21. The molecule has 0 bridgehead atoms. The summed E-state index contributed by atoms with van der Waals surface area (Å²) in [7, 11) is 0. The molecule has 7 heteroatoms. The molecule has 0 aromatic heterocycles. The van der Waals surface area contributed by atoms with Crippen LogP contribution in [0.5, 0.6) is 0 Å². The number of nitrogens with zero attached hydrogens (tertiary/aromatic N) is 1. The maximum Gasteiger partial charge on any atom is 0.325 e. The van der Waals surface area contributed by atoms with Gasteiger partial charge >= 0.3 is 5.97 Å². The highest BCUT2D eigenvalue weighted by Gasteiger charge is 2.18. The van der Waals surface area contributed by atoms with Gasteiger partial charge in [-0.15, -0.1) is 0 Å². The molecule has 1 aromatic rings. The van der Waals surface area contributed by atoms with E-state index >= 15 is 0 Å². The summed E-state index contributed by atoms with van der Waals surface area (Å²) in [6.45, 7) is 3.95. The average molecular weight is 341 g/mol. The smallest absolute Gasteiger partial charge is 0.325 e. The predicted molar refractivity (Wildman–Crippen MR) is 87.3 cm³/mol. The first-order valence-electron chi connectivity index (χ1n) is 7.45. The third-order valence-electron chi connectivity index (χ3n) is 2.99. The molecule has 126 valence electrons. The first-order valence-corrected chi connectivity index (χ1v) is 7.83. The van der Waals surface area contributed by atoms with Gasteiger partial charge in [-0.3, -0.25) is 14.4 Å². The zero-order valence-electron chi connectivity index (χ0n) is 13.3. The summed E-state index contributed by atoms with van der Waals surface area (Å²) in [5, 5.41) is 2.83. The topological polar surface area (TPSA) is 75.7 Å². The highest BCUT2D eigenvalue weighted by atomic mass is 35.5. The summed E-state index contributed by atoms with van der Waals surface area (Å²) in [5.41, 5.74) is 0.300. The predicted octanol–water partition coefficient (Wildman–Crippen LogP) is 1.87. The van der Waals surface area contributed by atoms with Crippen molar-refractivity contribution < 1.29 is 19.1 Å². The Balaban J connectivity index is 2.59. The van der Waals surface area contributed by atoms with Gasteiger partial charge in [0.2, 0.25) is 5.91 Å². The van der Waals surface area contributed by atoms with Crippen molar-refractivity contribution in [2.24, 2.45) is 0 Å². The zero-order chi connectivity index (χ0) is 17.2. The maximum absolute atomic E-state index is 12.2. The van der Waals surface area contributed by atoms with Crippen LogP contribution in [0, 0.1) is 0 Å². The van der Waals surface area contributed by atoms with Gasteiger partial charge in [-0.25, -0.2) is 0 Å². The van der Waals surface area contributed by atoms with Crippen molar-refractivity contribution in [3.05, 3.63) is 34.9 Å². The van der Waals surface area contributed by atoms with Gasteiger partial charge < -0.3 is 15.0 Å². The van der Waals surface area contributed by atoms with Crippen LogP contribution in [0.2, 0.25) is 5.02 Å². The van der Waals surface area contributed by atoms with Crippen LogP contribution in [0.15, 0.2) is 24.3 Å². The van der Waals surface area contributed by atoms with Crippen LogP contribution in [-0.2, 0) is 14.3 Å². The summed E-state index contributed by atoms with van der Waals surface area (Å²) < 4.78 is 4.84. The second kappa shape index (κ2) is 9.84. The normalized spacial score (nSPS) is 10.0. The van der Waals surface area contributed by atoms with E-state index in [1.807, 2.05) is 6.92 Å². The molecule has 0 aliphatic carbocycles. The molecular formula is C16H21ClN2O4. The highest BCUT2D eigenvalue weighted by molar-refractivity contribution is 6.33. The Hall–Kier alpha value is -2.08. The Labute approximate surface area is 140 Å². The van der Waals surface area contributed by atoms with Crippen molar-refractivity contribution in [2.75, 3.05) is 26.2 Å². The van der Waals surface area contributed by atoms with Crippen molar-refractivity contribution in [1.82, 2.24) is 10.2 Å². The summed E-state index contributed by atoms with van der Waals surface area (Å²) in [6, 6.07) is 6.58. The summed E-state index contributed by atoms with van der Waals surface area (Å²) in [4.78, 5) is 37.1. The molecule has 0 aliphatic heterocycles. The van der Waals surface area contributed by atoms with Crippen molar-refractivity contribution in [3.8, 4) is 0 Å². The molecule has 0 radical (unpaired) electrons. The second-order valence-electron chi connectivity index (χ2n) is 4.78. The highest BCUT2D eigenvalue weighted by Crippen LogP contribution is 2.14. The Morgan fingerprint density at radius 2 is 1.91 bits per heavy atom. The van der Waals surface area contributed by atoms with Gasteiger partial charge in [-0.2, -0.15) is 0 Å². The molecular weight excluding hydrogens is 320 g/mol. The van der Waals surface area contributed by atoms with Gasteiger partial charge in [0.05, 0.1) is 23.7 Å². The molecule has 0 fully saturated rings. The lowest BCUT2D eigenvalue weighted by Crippen LogP contribution is -2.43. The molecule has 0 aliphatic rings. The summed E-state index contributed by atoms with van der Waals surface area (Å²) in [5.74, 6) is -1.25. The number of halogens is 1. The first-order chi connectivity index (χ1) is 11.0. The maximum atomic E-state index is 12.2. The van der Waals surface area contributed by atoms with Gasteiger partial charge in [0.25, 0.3) is 5.91 Å². The number of hydrogen-bond acceptors (Lipinski definition) is 4. The van der Waals surface area contributed by atoms with E-state index in [-0.39, 0.29) is 25.6 Å². The van der Waals surface area contributed by atoms with E-state index in [1.54, 1.807) is 31.2 Å². The third-order valence-corrected chi connectivity index (χ3v) is 3.32. The Kier molecular flexibility index (Phi) is 8.11. The number of hydrogen-bond donors (Lipinski definition) is 1. The molecule has 1 rings (SSSR count). The minimum Gasteiger partial charge on any atom is -0.465 e. The van der Waals surface area contributed by atoms with Crippen LogP contribution < -0.4 is 5.32 Å². The van der Waals surface area contributed by atoms with Crippen LogP contribution in [0.1, 0.15) is 30.6 Å². The average Bonchev–Trinajstić information content (AvgIpc) is 2.52. The van der Waals surface area contributed by atoms with Crippen LogP contribution in [-0.4, -0.2) is 48.9 Å². The van der Waals surface area contributed by atoms with E-state index in [9.17, 15) is 14.4 Å². The number of esters is 1. The molecule has 1 aromatic carbocycles. The minimum atomic E-state index is -0.466. The number of carbonyl (C=O) groups is 3. The minimum absolute atomic E-state index is 0.123. The molecule has 23 heavy (non-hydrogen) atoms. The number of benzene rings is 1. The quantitative estimate of drug-likeness (QED) is 0.733. The zero-order valence-corrected chi connectivity index (χ0v) is 14.1. The molecule has 6 nitrogen and oxygen atoms in total. The monoisotopic (exact) mass is 340 g/mol. The van der Waals surface area contributed by atoms with Crippen LogP contribution in [0.3, 0.4) is 0 Å². The molecule has 0 heterocycles. The second-order valence-corrected chi connectivity index (χ2v) is 5.19. The number of ether oxygens (including phenoxy) is 1. The van der Waals surface area contributed by atoms with Crippen LogP contribution >= 0.6 is 11.6 Å². The van der Waals surface area contributed by atoms with E-state index in [1.165, 1.54) is 4.90 Å². The van der Waals surface area contributed by atoms with E-state index in [0.29, 0.717) is 23.6 Å². The Bertz CT molecular complexity index is 563. The number of carbonyl (C=O) groups excluding carboxylic acids is 3. The lowest BCUT2D eigenvalue weighted by atomic mass is 10.2. The van der Waals surface area contributed by atoms with Gasteiger partial charge in [0.1, 0.15) is 6.54 Å². The fourth-order valence-electron chi connectivity index (χ4n) is 1.93. The molecule has 1 N–H and O–H groups in total. The van der Waals surface area contributed by atoms with E-state index < -0.39 is 11.9 Å². The molecule has 0 saturated heterocycles. The number of amides is 2.